The standard InChI is InChI=1S/C10H16N4O/c1-7-8(2)12-13-10(11-7)14-5-3-9(15)4-6-14/h9,15H,3-6H2,1-2H3. The average Bonchev–Trinajstić information content (AvgIpc) is 2.23. The molecule has 1 aliphatic rings. The van der Waals surface area contributed by atoms with Gasteiger partial charge < -0.3 is 10.0 Å². The van der Waals surface area contributed by atoms with Gasteiger partial charge in [-0.05, 0) is 26.7 Å². The van der Waals surface area contributed by atoms with Crippen LogP contribution in [0.1, 0.15) is 24.2 Å². The van der Waals surface area contributed by atoms with Crippen LogP contribution < -0.4 is 4.90 Å². The molecule has 1 aromatic rings. The lowest BCUT2D eigenvalue weighted by atomic mass is 10.1. The summed E-state index contributed by atoms with van der Waals surface area (Å²) in [6, 6.07) is 0. The fourth-order valence-corrected chi connectivity index (χ4v) is 1.65. The third-order valence-corrected chi connectivity index (χ3v) is 2.83. The van der Waals surface area contributed by atoms with Crippen LogP contribution in [0.3, 0.4) is 0 Å². The van der Waals surface area contributed by atoms with Crippen molar-refractivity contribution in [1.82, 2.24) is 15.2 Å². The van der Waals surface area contributed by atoms with Crippen LogP contribution in [0.15, 0.2) is 0 Å². The van der Waals surface area contributed by atoms with E-state index in [1.54, 1.807) is 0 Å². The summed E-state index contributed by atoms with van der Waals surface area (Å²) in [5, 5.41) is 17.5. The molecule has 1 N–H and O–H groups in total. The van der Waals surface area contributed by atoms with Crippen LogP contribution in [0.2, 0.25) is 0 Å². The molecule has 0 unspecified atom stereocenters. The Bertz CT molecular complexity index is 347. The van der Waals surface area contributed by atoms with Gasteiger partial charge in [-0.1, -0.05) is 0 Å². The maximum atomic E-state index is 9.39. The fraction of sp³-hybridized carbons (Fsp3) is 0.700. The molecule has 2 rings (SSSR count). The molecular weight excluding hydrogens is 192 g/mol. The van der Waals surface area contributed by atoms with E-state index in [-0.39, 0.29) is 6.10 Å². The van der Waals surface area contributed by atoms with Gasteiger partial charge in [0.1, 0.15) is 0 Å². The molecular formula is C10H16N4O. The average molecular weight is 208 g/mol. The van der Waals surface area contributed by atoms with Gasteiger partial charge >= 0.3 is 0 Å². The molecule has 15 heavy (non-hydrogen) atoms. The van der Waals surface area contributed by atoms with Gasteiger partial charge in [0.15, 0.2) is 0 Å². The first-order chi connectivity index (χ1) is 7.16. The van der Waals surface area contributed by atoms with Crippen molar-refractivity contribution in [2.24, 2.45) is 0 Å². The molecule has 0 saturated carbocycles. The van der Waals surface area contributed by atoms with E-state index in [1.165, 1.54) is 0 Å². The second kappa shape index (κ2) is 4.10. The minimum absolute atomic E-state index is 0.166. The molecule has 0 bridgehead atoms. The summed E-state index contributed by atoms with van der Waals surface area (Å²) >= 11 is 0. The number of aromatic nitrogens is 3. The van der Waals surface area contributed by atoms with Gasteiger partial charge in [0, 0.05) is 13.1 Å². The van der Waals surface area contributed by atoms with Gasteiger partial charge in [0.05, 0.1) is 17.5 Å². The Kier molecular flexibility index (Phi) is 2.81. The number of hydrogen-bond acceptors (Lipinski definition) is 5. The second-order valence-electron chi connectivity index (χ2n) is 4.00. The molecule has 1 saturated heterocycles. The van der Waals surface area contributed by atoms with Crippen molar-refractivity contribution in [2.45, 2.75) is 32.8 Å². The van der Waals surface area contributed by atoms with E-state index in [0.717, 1.165) is 37.3 Å². The van der Waals surface area contributed by atoms with Crippen LogP contribution in [-0.4, -0.2) is 39.5 Å². The molecule has 5 nitrogen and oxygen atoms in total. The Balaban J connectivity index is 2.12. The molecule has 0 radical (unpaired) electrons. The zero-order valence-electron chi connectivity index (χ0n) is 9.14. The summed E-state index contributed by atoms with van der Waals surface area (Å²) in [5.41, 5.74) is 1.79. The van der Waals surface area contributed by atoms with Crippen molar-refractivity contribution < 1.29 is 5.11 Å². The minimum atomic E-state index is -0.166. The van der Waals surface area contributed by atoms with Gasteiger partial charge in [-0.25, -0.2) is 4.98 Å². The van der Waals surface area contributed by atoms with Crippen LogP contribution in [0.25, 0.3) is 0 Å². The number of rotatable bonds is 1. The van der Waals surface area contributed by atoms with E-state index in [2.05, 4.69) is 20.1 Å². The lowest BCUT2D eigenvalue weighted by Gasteiger charge is -2.29. The largest absolute Gasteiger partial charge is 0.393 e. The molecule has 0 aromatic carbocycles. The molecule has 0 amide bonds. The monoisotopic (exact) mass is 208 g/mol. The van der Waals surface area contributed by atoms with Gasteiger partial charge in [-0.3, -0.25) is 0 Å². The normalized spacial score (nSPS) is 18.2. The Hall–Kier alpha value is -1.23. The number of nitrogens with zero attached hydrogens (tertiary/aromatic N) is 4. The Morgan fingerprint density at radius 2 is 1.80 bits per heavy atom. The molecule has 1 fully saturated rings. The fourth-order valence-electron chi connectivity index (χ4n) is 1.65. The SMILES string of the molecule is Cc1nnc(N2CCC(O)CC2)nc1C. The van der Waals surface area contributed by atoms with E-state index in [0.29, 0.717) is 5.95 Å². The number of anilines is 1. The third kappa shape index (κ3) is 2.23. The first kappa shape index (κ1) is 10.3. The van der Waals surface area contributed by atoms with Gasteiger partial charge in [-0.2, -0.15) is 5.10 Å². The predicted octanol–water partition coefficient (Wildman–Crippen LogP) is 0.450. The topological polar surface area (TPSA) is 62.1 Å². The van der Waals surface area contributed by atoms with Crippen LogP contribution in [0.4, 0.5) is 5.95 Å². The highest BCUT2D eigenvalue weighted by molar-refractivity contribution is 5.30. The van der Waals surface area contributed by atoms with E-state index >= 15 is 0 Å². The maximum Gasteiger partial charge on any atom is 0.245 e. The zero-order valence-corrected chi connectivity index (χ0v) is 9.14. The van der Waals surface area contributed by atoms with Crippen molar-refractivity contribution in [3.05, 3.63) is 11.4 Å². The maximum absolute atomic E-state index is 9.39. The molecule has 0 aliphatic carbocycles. The predicted molar refractivity (Wildman–Crippen MR) is 56.8 cm³/mol. The summed E-state index contributed by atoms with van der Waals surface area (Å²) in [7, 11) is 0. The van der Waals surface area contributed by atoms with E-state index in [1.807, 2.05) is 13.8 Å². The number of aliphatic hydroxyl groups excluding tert-OH is 1. The Morgan fingerprint density at radius 3 is 2.40 bits per heavy atom. The Morgan fingerprint density at radius 1 is 1.13 bits per heavy atom. The van der Waals surface area contributed by atoms with Crippen LogP contribution in [0.5, 0.6) is 0 Å². The first-order valence-electron chi connectivity index (χ1n) is 5.28. The van der Waals surface area contributed by atoms with Crippen molar-refractivity contribution in [3.63, 3.8) is 0 Å². The molecule has 5 heteroatoms. The number of piperidine rings is 1. The summed E-state index contributed by atoms with van der Waals surface area (Å²) in [6.07, 6.45) is 1.41. The highest BCUT2D eigenvalue weighted by Crippen LogP contribution is 2.15. The summed E-state index contributed by atoms with van der Waals surface area (Å²) in [5.74, 6) is 0.685. The zero-order chi connectivity index (χ0) is 10.8. The Labute approximate surface area is 89.2 Å². The van der Waals surface area contributed by atoms with E-state index in [4.69, 9.17) is 0 Å². The third-order valence-electron chi connectivity index (χ3n) is 2.83. The quantitative estimate of drug-likeness (QED) is 0.726. The number of aliphatic hydroxyl groups is 1. The van der Waals surface area contributed by atoms with Crippen LogP contribution >= 0.6 is 0 Å². The highest BCUT2D eigenvalue weighted by Gasteiger charge is 2.19. The minimum Gasteiger partial charge on any atom is -0.393 e. The van der Waals surface area contributed by atoms with Crippen molar-refractivity contribution in [2.75, 3.05) is 18.0 Å². The molecule has 0 atom stereocenters. The summed E-state index contributed by atoms with van der Waals surface area (Å²) in [6.45, 7) is 5.46. The highest BCUT2D eigenvalue weighted by atomic mass is 16.3. The summed E-state index contributed by atoms with van der Waals surface area (Å²) < 4.78 is 0. The molecule has 82 valence electrons. The van der Waals surface area contributed by atoms with E-state index in [9.17, 15) is 5.11 Å². The smallest absolute Gasteiger partial charge is 0.245 e. The summed E-state index contributed by atoms with van der Waals surface area (Å²) in [4.78, 5) is 6.47. The van der Waals surface area contributed by atoms with Crippen molar-refractivity contribution in [3.8, 4) is 0 Å². The molecule has 1 aliphatic heterocycles. The lowest BCUT2D eigenvalue weighted by molar-refractivity contribution is 0.145. The van der Waals surface area contributed by atoms with Crippen molar-refractivity contribution >= 4 is 5.95 Å². The molecule has 1 aromatic heterocycles. The van der Waals surface area contributed by atoms with Crippen molar-refractivity contribution in [1.29, 1.82) is 0 Å². The molecule has 2 heterocycles. The number of hydrogen-bond donors (Lipinski definition) is 1. The van der Waals surface area contributed by atoms with Gasteiger partial charge in [0.25, 0.3) is 0 Å². The van der Waals surface area contributed by atoms with E-state index < -0.39 is 0 Å². The van der Waals surface area contributed by atoms with Gasteiger partial charge in [0.2, 0.25) is 5.95 Å². The number of aryl methyl sites for hydroxylation is 2. The van der Waals surface area contributed by atoms with Crippen LogP contribution in [-0.2, 0) is 0 Å². The lowest BCUT2D eigenvalue weighted by Crippen LogP contribution is -2.37. The van der Waals surface area contributed by atoms with Crippen LogP contribution in [0, 0.1) is 13.8 Å². The second-order valence-corrected chi connectivity index (χ2v) is 4.00. The van der Waals surface area contributed by atoms with Gasteiger partial charge in [-0.15, -0.1) is 5.10 Å². The first-order valence-corrected chi connectivity index (χ1v) is 5.28. The molecule has 0 spiro atoms.